The maximum absolute atomic E-state index is 12.0. The van der Waals surface area contributed by atoms with E-state index in [0.29, 0.717) is 4.88 Å². The summed E-state index contributed by atoms with van der Waals surface area (Å²) in [7, 11) is 2.07. The third-order valence-corrected chi connectivity index (χ3v) is 3.45. The molecule has 0 saturated carbocycles. The average molecular weight is 226 g/mol. The van der Waals surface area contributed by atoms with Gasteiger partial charge in [0.2, 0.25) is 0 Å². The molecule has 0 N–H and O–H groups in total. The normalized spacial score (nSPS) is 18.1. The Morgan fingerprint density at radius 1 is 1.33 bits per heavy atom. The Bertz CT molecular complexity index is 357. The van der Waals surface area contributed by atoms with E-state index in [0.717, 1.165) is 31.9 Å². The largest absolute Gasteiger partial charge is 0.335 e. The molecule has 0 spiro atoms. The summed E-state index contributed by atoms with van der Waals surface area (Å²) in [5.74, 6) is 0.0793. The van der Waals surface area contributed by atoms with E-state index in [1.54, 1.807) is 0 Å². The quantitative estimate of drug-likeness (QED) is 0.688. The molecule has 1 fully saturated rings. The number of carbonyl (C=O) groups excluding carboxylic acids is 1. The predicted octanol–water partition coefficient (Wildman–Crippen LogP) is 0.234. The van der Waals surface area contributed by atoms with Gasteiger partial charge in [-0.2, -0.15) is 0 Å². The Morgan fingerprint density at radius 3 is 2.53 bits per heavy atom. The molecule has 0 atom stereocenters. The van der Waals surface area contributed by atoms with Crippen molar-refractivity contribution in [1.29, 1.82) is 0 Å². The highest BCUT2D eigenvalue weighted by atomic mass is 32.1. The number of piperazine rings is 1. The number of amides is 1. The molecule has 0 aliphatic carbocycles. The number of aryl methyl sites for hydroxylation is 1. The van der Waals surface area contributed by atoms with Crippen molar-refractivity contribution in [3.63, 3.8) is 0 Å². The molecular formula is C9H14N4OS. The summed E-state index contributed by atoms with van der Waals surface area (Å²) in [6, 6.07) is 0. The lowest BCUT2D eigenvalue weighted by Crippen LogP contribution is -2.47. The highest BCUT2D eigenvalue weighted by Crippen LogP contribution is 2.13. The van der Waals surface area contributed by atoms with Gasteiger partial charge in [0, 0.05) is 26.2 Å². The highest BCUT2D eigenvalue weighted by molar-refractivity contribution is 7.07. The van der Waals surface area contributed by atoms with E-state index in [9.17, 15) is 4.79 Å². The number of aromatic nitrogens is 2. The van der Waals surface area contributed by atoms with E-state index >= 15 is 0 Å². The van der Waals surface area contributed by atoms with E-state index < -0.39 is 0 Å². The molecule has 1 aliphatic heterocycles. The summed E-state index contributed by atoms with van der Waals surface area (Å²) in [4.78, 5) is 16.8. The summed E-state index contributed by atoms with van der Waals surface area (Å²) >= 11 is 1.19. The van der Waals surface area contributed by atoms with E-state index in [-0.39, 0.29) is 5.91 Å². The van der Waals surface area contributed by atoms with Gasteiger partial charge in [0.05, 0.1) is 5.69 Å². The van der Waals surface area contributed by atoms with Crippen molar-refractivity contribution in [2.45, 2.75) is 6.92 Å². The molecule has 5 nitrogen and oxygen atoms in total. The second-order valence-electron chi connectivity index (χ2n) is 3.78. The molecule has 82 valence electrons. The fourth-order valence-electron chi connectivity index (χ4n) is 1.58. The number of hydrogen-bond acceptors (Lipinski definition) is 5. The molecule has 15 heavy (non-hydrogen) atoms. The minimum absolute atomic E-state index is 0.0793. The van der Waals surface area contributed by atoms with Gasteiger partial charge in [0.25, 0.3) is 5.91 Å². The summed E-state index contributed by atoms with van der Waals surface area (Å²) in [5, 5.41) is 3.86. The van der Waals surface area contributed by atoms with Gasteiger partial charge in [0.15, 0.2) is 0 Å². The van der Waals surface area contributed by atoms with Crippen LogP contribution in [-0.2, 0) is 0 Å². The van der Waals surface area contributed by atoms with Crippen LogP contribution >= 0.6 is 11.5 Å². The lowest BCUT2D eigenvalue weighted by molar-refractivity contribution is 0.0668. The molecule has 1 aliphatic rings. The molecular weight excluding hydrogens is 212 g/mol. The maximum atomic E-state index is 12.0. The zero-order valence-corrected chi connectivity index (χ0v) is 9.75. The summed E-state index contributed by atoms with van der Waals surface area (Å²) in [6.07, 6.45) is 0. The van der Waals surface area contributed by atoms with Crippen molar-refractivity contribution in [3.05, 3.63) is 10.6 Å². The average Bonchev–Trinajstić information content (AvgIpc) is 2.65. The van der Waals surface area contributed by atoms with Crippen LogP contribution in [0.2, 0.25) is 0 Å². The van der Waals surface area contributed by atoms with Crippen molar-refractivity contribution < 1.29 is 4.79 Å². The number of carbonyl (C=O) groups is 1. The second kappa shape index (κ2) is 4.24. The molecule has 0 aromatic carbocycles. The maximum Gasteiger partial charge on any atom is 0.267 e. The van der Waals surface area contributed by atoms with Crippen LogP contribution in [0.5, 0.6) is 0 Å². The molecule has 1 saturated heterocycles. The minimum atomic E-state index is 0.0793. The third kappa shape index (κ3) is 2.15. The topological polar surface area (TPSA) is 49.3 Å². The Kier molecular flexibility index (Phi) is 2.97. The van der Waals surface area contributed by atoms with Crippen LogP contribution in [-0.4, -0.2) is 58.5 Å². The van der Waals surface area contributed by atoms with Gasteiger partial charge in [-0.15, -0.1) is 5.10 Å². The molecule has 2 rings (SSSR count). The second-order valence-corrected chi connectivity index (χ2v) is 4.54. The van der Waals surface area contributed by atoms with Gasteiger partial charge < -0.3 is 9.80 Å². The Morgan fingerprint density at radius 2 is 2.00 bits per heavy atom. The van der Waals surface area contributed by atoms with Gasteiger partial charge in [-0.1, -0.05) is 4.49 Å². The van der Waals surface area contributed by atoms with Crippen molar-refractivity contribution in [2.24, 2.45) is 0 Å². The van der Waals surface area contributed by atoms with Crippen LogP contribution in [0.1, 0.15) is 15.4 Å². The van der Waals surface area contributed by atoms with Crippen LogP contribution < -0.4 is 0 Å². The third-order valence-electron chi connectivity index (χ3n) is 2.64. The van der Waals surface area contributed by atoms with E-state index in [1.807, 2.05) is 11.8 Å². The fraction of sp³-hybridized carbons (Fsp3) is 0.667. The highest BCUT2D eigenvalue weighted by Gasteiger charge is 2.23. The van der Waals surface area contributed by atoms with Gasteiger partial charge in [-0.05, 0) is 25.5 Å². The Balaban J connectivity index is 2.06. The van der Waals surface area contributed by atoms with E-state index in [4.69, 9.17) is 0 Å². The molecule has 6 heteroatoms. The zero-order valence-electron chi connectivity index (χ0n) is 8.93. The smallest absolute Gasteiger partial charge is 0.267 e. The number of hydrogen-bond donors (Lipinski definition) is 0. The van der Waals surface area contributed by atoms with Crippen LogP contribution in [0.4, 0.5) is 0 Å². The molecule has 1 aromatic rings. The van der Waals surface area contributed by atoms with Crippen molar-refractivity contribution in [1.82, 2.24) is 19.4 Å². The van der Waals surface area contributed by atoms with Gasteiger partial charge in [-0.25, -0.2) is 0 Å². The van der Waals surface area contributed by atoms with Gasteiger partial charge in [0.1, 0.15) is 4.88 Å². The van der Waals surface area contributed by atoms with Crippen LogP contribution in [0, 0.1) is 6.92 Å². The molecule has 2 heterocycles. The van der Waals surface area contributed by atoms with E-state index in [1.165, 1.54) is 11.5 Å². The van der Waals surface area contributed by atoms with Crippen molar-refractivity contribution >= 4 is 17.4 Å². The first kappa shape index (κ1) is 10.5. The summed E-state index contributed by atoms with van der Waals surface area (Å²) in [5.41, 5.74) is 0.740. The van der Waals surface area contributed by atoms with Crippen LogP contribution in [0.3, 0.4) is 0 Å². The monoisotopic (exact) mass is 226 g/mol. The Labute approximate surface area is 92.9 Å². The first-order valence-corrected chi connectivity index (χ1v) is 5.72. The molecule has 1 amide bonds. The fourth-order valence-corrected chi connectivity index (χ4v) is 2.21. The lowest BCUT2D eigenvalue weighted by atomic mass is 10.3. The SMILES string of the molecule is Cc1nnsc1C(=O)N1CCN(C)CC1. The molecule has 0 unspecified atom stereocenters. The summed E-state index contributed by atoms with van der Waals surface area (Å²) < 4.78 is 3.79. The number of likely N-dealkylation sites (N-methyl/N-ethyl adjacent to an activating group) is 1. The van der Waals surface area contributed by atoms with Crippen LogP contribution in [0.25, 0.3) is 0 Å². The first-order chi connectivity index (χ1) is 7.18. The van der Waals surface area contributed by atoms with E-state index in [2.05, 4.69) is 21.5 Å². The van der Waals surface area contributed by atoms with Gasteiger partial charge >= 0.3 is 0 Å². The molecule has 0 radical (unpaired) electrons. The minimum Gasteiger partial charge on any atom is -0.335 e. The number of rotatable bonds is 1. The van der Waals surface area contributed by atoms with Crippen molar-refractivity contribution in [3.8, 4) is 0 Å². The van der Waals surface area contributed by atoms with Gasteiger partial charge in [-0.3, -0.25) is 4.79 Å². The predicted molar refractivity (Wildman–Crippen MR) is 58.0 cm³/mol. The number of nitrogens with zero attached hydrogens (tertiary/aromatic N) is 4. The van der Waals surface area contributed by atoms with Crippen LogP contribution in [0.15, 0.2) is 0 Å². The Hall–Kier alpha value is -1.01. The molecule has 0 bridgehead atoms. The van der Waals surface area contributed by atoms with Crippen molar-refractivity contribution in [2.75, 3.05) is 33.2 Å². The first-order valence-electron chi connectivity index (χ1n) is 4.95. The molecule has 1 aromatic heterocycles. The summed E-state index contributed by atoms with van der Waals surface area (Å²) in [6.45, 7) is 5.31. The standard InChI is InChI=1S/C9H14N4OS/c1-7-8(15-11-10-7)9(14)13-5-3-12(2)4-6-13/h3-6H2,1-2H3. The zero-order chi connectivity index (χ0) is 10.8. The lowest BCUT2D eigenvalue weighted by Gasteiger charge is -2.32.